The molecular weight excluding hydrogens is 469 g/mol. The Hall–Kier alpha value is -0.610. The van der Waals surface area contributed by atoms with E-state index in [1.54, 1.807) is 7.05 Å². The second-order valence-electron chi connectivity index (χ2n) is 8.02. The summed E-state index contributed by atoms with van der Waals surface area (Å²) in [5, 5.41) is 6.74. The van der Waals surface area contributed by atoms with Crippen LogP contribution in [0, 0.1) is 5.92 Å². The van der Waals surface area contributed by atoms with E-state index in [0.717, 1.165) is 58.2 Å². The quantitative estimate of drug-likeness (QED) is 0.312. The number of morpholine rings is 1. The summed E-state index contributed by atoms with van der Waals surface area (Å²) in [7, 11) is 1.78. The van der Waals surface area contributed by atoms with Gasteiger partial charge in [0.05, 0.1) is 13.2 Å². The van der Waals surface area contributed by atoms with E-state index in [0.29, 0.717) is 31.0 Å². The highest BCUT2D eigenvalue weighted by atomic mass is 127. The molecule has 2 aliphatic heterocycles. The standard InChI is InChI=1S/C20H39N5O2.HI/c1-16(2)18(24-11-13-27-14-12-24)15-23-20(21-4)22-9-8-19(26)25-10-6-5-7-17(25)3;/h16-18H,5-15H2,1-4H3,(H2,21,22,23);1H. The minimum absolute atomic E-state index is 0. The second-order valence-corrected chi connectivity index (χ2v) is 8.02. The van der Waals surface area contributed by atoms with Crippen molar-refractivity contribution >= 4 is 35.8 Å². The number of ether oxygens (including phenoxy) is 1. The summed E-state index contributed by atoms with van der Waals surface area (Å²) in [6.45, 7) is 12.6. The van der Waals surface area contributed by atoms with Crippen molar-refractivity contribution in [3.63, 3.8) is 0 Å². The van der Waals surface area contributed by atoms with Crippen molar-refractivity contribution in [3.05, 3.63) is 0 Å². The maximum Gasteiger partial charge on any atom is 0.224 e. The Balaban J connectivity index is 0.00000392. The second kappa shape index (κ2) is 13.6. The van der Waals surface area contributed by atoms with Crippen molar-refractivity contribution in [3.8, 4) is 0 Å². The Morgan fingerprint density at radius 3 is 2.50 bits per heavy atom. The van der Waals surface area contributed by atoms with E-state index >= 15 is 0 Å². The lowest BCUT2D eigenvalue weighted by Crippen LogP contribution is -2.52. The van der Waals surface area contributed by atoms with Crippen LogP contribution in [0.3, 0.4) is 0 Å². The van der Waals surface area contributed by atoms with Gasteiger partial charge < -0.3 is 20.3 Å². The van der Waals surface area contributed by atoms with Gasteiger partial charge in [-0.1, -0.05) is 13.8 Å². The van der Waals surface area contributed by atoms with Crippen molar-refractivity contribution in [2.45, 2.75) is 58.5 Å². The molecule has 0 aromatic carbocycles. The first-order chi connectivity index (χ1) is 13.0. The Morgan fingerprint density at radius 2 is 1.89 bits per heavy atom. The number of aliphatic imine (C=N–C) groups is 1. The Labute approximate surface area is 188 Å². The Morgan fingerprint density at radius 1 is 1.18 bits per heavy atom. The molecule has 0 radical (unpaired) electrons. The first-order valence-electron chi connectivity index (χ1n) is 10.6. The van der Waals surface area contributed by atoms with Crippen LogP contribution in [0.2, 0.25) is 0 Å². The summed E-state index contributed by atoms with van der Waals surface area (Å²) in [6, 6.07) is 0.826. The molecule has 7 nitrogen and oxygen atoms in total. The van der Waals surface area contributed by atoms with Gasteiger partial charge >= 0.3 is 0 Å². The van der Waals surface area contributed by atoms with Crippen molar-refractivity contribution in [2.75, 3.05) is 53.0 Å². The highest BCUT2D eigenvalue weighted by Crippen LogP contribution is 2.17. The SMILES string of the molecule is CN=C(NCCC(=O)N1CCCCC1C)NCC(C(C)C)N1CCOCC1.I. The molecule has 0 bridgehead atoms. The zero-order valence-corrected chi connectivity index (χ0v) is 20.4. The average molecular weight is 509 g/mol. The molecule has 0 saturated carbocycles. The van der Waals surface area contributed by atoms with Crippen molar-refractivity contribution in [1.82, 2.24) is 20.4 Å². The molecular formula is C20H40IN5O2. The van der Waals surface area contributed by atoms with Gasteiger partial charge in [0.2, 0.25) is 5.91 Å². The van der Waals surface area contributed by atoms with Crippen LogP contribution in [-0.4, -0.2) is 86.7 Å². The topological polar surface area (TPSA) is 69.2 Å². The molecule has 2 rings (SSSR count). The molecule has 0 aromatic rings. The van der Waals surface area contributed by atoms with E-state index in [2.05, 4.69) is 41.3 Å². The van der Waals surface area contributed by atoms with Crippen LogP contribution in [-0.2, 0) is 9.53 Å². The molecule has 2 unspecified atom stereocenters. The summed E-state index contributed by atoms with van der Waals surface area (Å²) in [6.07, 6.45) is 4.01. The van der Waals surface area contributed by atoms with E-state index in [-0.39, 0.29) is 29.9 Å². The van der Waals surface area contributed by atoms with E-state index in [1.807, 2.05) is 4.90 Å². The van der Waals surface area contributed by atoms with Gasteiger partial charge in [0.1, 0.15) is 0 Å². The third kappa shape index (κ3) is 8.02. The van der Waals surface area contributed by atoms with E-state index in [1.165, 1.54) is 6.42 Å². The molecule has 8 heteroatoms. The number of amides is 1. The molecule has 2 heterocycles. The monoisotopic (exact) mass is 509 g/mol. The first kappa shape index (κ1) is 25.4. The minimum atomic E-state index is 0. The van der Waals surface area contributed by atoms with Gasteiger partial charge in [-0.15, -0.1) is 24.0 Å². The fourth-order valence-corrected chi connectivity index (χ4v) is 4.02. The van der Waals surface area contributed by atoms with Gasteiger partial charge in [0.25, 0.3) is 0 Å². The number of carbonyl (C=O) groups excluding carboxylic acids is 1. The number of hydrogen-bond acceptors (Lipinski definition) is 4. The molecule has 2 aliphatic rings. The molecule has 0 aliphatic carbocycles. The number of likely N-dealkylation sites (tertiary alicyclic amines) is 1. The Bertz CT molecular complexity index is 483. The Kier molecular flexibility index (Phi) is 12.3. The smallest absolute Gasteiger partial charge is 0.224 e. The number of rotatable bonds is 7. The lowest BCUT2D eigenvalue weighted by Gasteiger charge is -2.37. The first-order valence-corrected chi connectivity index (χ1v) is 10.6. The lowest BCUT2D eigenvalue weighted by molar-refractivity contribution is -0.134. The normalized spacial score (nSPS) is 22.5. The van der Waals surface area contributed by atoms with Gasteiger partial charge in [-0.05, 0) is 32.1 Å². The van der Waals surface area contributed by atoms with Crippen LogP contribution in [0.25, 0.3) is 0 Å². The minimum Gasteiger partial charge on any atom is -0.379 e. The molecule has 0 spiro atoms. The van der Waals surface area contributed by atoms with Crippen LogP contribution in [0.1, 0.15) is 46.5 Å². The molecule has 1 amide bonds. The fraction of sp³-hybridized carbons (Fsp3) is 0.900. The third-order valence-electron chi connectivity index (χ3n) is 5.74. The maximum absolute atomic E-state index is 12.4. The fourth-order valence-electron chi connectivity index (χ4n) is 4.02. The van der Waals surface area contributed by atoms with Crippen LogP contribution in [0.4, 0.5) is 0 Å². The number of hydrogen-bond donors (Lipinski definition) is 2. The predicted octanol–water partition coefficient (Wildman–Crippen LogP) is 1.92. The molecule has 2 N–H and O–H groups in total. The number of piperidine rings is 1. The van der Waals surface area contributed by atoms with E-state index in [4.69, 9.17) is 4.74 Å². The molecule has 28 heavy (non-hydrogen) atoms. The van der Waals surface area contributed by atoms with Crippen LogP contribution in [0.5, 0.6) is 0 Å². The van der Waals surface area contributed by atoms with Crippen molar-refractivity contribution in [2.24, 2.45) is 10.9 Å². The van der Waals surface area contributed by atoms with Gasteiger partial charge in [-0.25, -0.2) is 0 Å². The number of carbonyl (C=O) groups is 1. The molecule has 2 saturated heterocycles. The number of nitrogens with zero attached hydrogens (tertiary/aromatic N) is 3. The molecule has 2 atom stereocenters. The van der Waals surface area contributed by atoms with Crippen LogP contribution >= 0.6 is 24.0 Å². The third-order valence-corrected chi connectivity index (χ3v) is 5.74. The molecule has 164 valence electrons. The van der Waals surface area contributed by atoms with Crippen LogP contribution in [0.15, 0.2) is 4.99 Å². The highest BCUT2D eigenvalue weighted by molar-refractivity contribution is 14.0. The van der Waals surface area contributed by atoms with Gasteiger partial charge in [-0.3, -0.25) is 14.7 Å². The van der Waals surface area contributed by atoms with E-state index in [9.17, 15) is 4.79 Å². The summed E-state index contributed by atoms with van der Waals surface area (Å²) < 4.78 is 5.48. The van der Waals surface area contributed by atoms with Gasteiger partial charge in [0.15, 0.2) is 5.96 Å². The zero-order chi connectivity index (χ0) is 19.6. The number of guanidine groups is 1. The summed E-state index contributed by atoms with van der Waals surface area (Å²) in [4.78, 5) is 21.3. The number of halogens is 1. The number of nitrogens with one attached hydrogen (secondary N) is 2. The van der Waals surface area contributed by atoms with Crippen molar-refractivity contribution < 1.29 is 9.53 Å². The molecule has 2 fully saturated rings. The van der Waals surface area contributed by atoms with Gasteiger partial charge in [-0.2, -0.15) is 0 Å². The summed E-state index contributed by atoms with van der Waals surface area (Å²) in [5.74, 6) is 1.57. The largest absolute Gasteiger partial charge is 0.379 e. The average Bonchev–Trinajstić information content (AvgIpc) is 2.67. The summed E-state index contributed by atoms with van der Waals surface area (Å²) >= 11 is 0. The van der Waals surface area contributed by atoms with E-state index < -0.39 is 0 Å². The zero-order valence-electron chi connectivity index (χ0n) is 18.1. The van der Waals surface area contributed by atoms with Crippen molar-refractivity contribution in [1.29, 1.82) is 0 Å². The molecule has 0 aromatic heterocycles. The lowest BCUT2D eigenvalue weighted by atomic mass is 10.0. The maximum atomic E-state index is 12.4. The predicted molar refractivity (Wildman–Crippen MR) is 125 cm³/mol. The van der Waals surface area contributed by atoms with Gasteiger partial charge in [0, 0.05) is 58.3 Å². The van der Waals surface area contributed by atoms with Crippen LogP contribution < -0.4 is 10.6 Å². The summed E-state index contributed by atoms with van der Waals surface area (Å²) in [5.41, 5.74) is 0. The highest BCUT2D eigenvalue weighted by Gasteiger charge is 2.24.